The molecular weight excluding hydrogens is 663 g/mol. The number of hydrogen-bond acceptors (Lipinski definition) is 6. The second-order valence-electron chi connectivity index (χ2n) is 12.1. The fraction of sp³-hybridized carbons (Fsp3) is 0.243. The van der Waals surface area contributed by atoms with Gasteiger partial charge in [0.15, 0.2) is 22.9 Å². The first-order chi connectivity index (χ1) is 23.7. The van der Waals surface area contributed by atoms with E-state index < -0.39 is 0 Å². The number of amides is 2. The lowest BCUT2D eigenvalue weighted by Crippen LogP contribution is -2.39. The van der Waals surface area contributed by atoms with Gasteiger partial charge in [0.05, 0.1) is 41.3 Å². The number of methoxy groups -OCH3 is 2. The average molecular weight is 698 g/mol. The van der Waals surface area contributed by atoms with Crippen LogP contribution in [0.3, 0.4) is 0 Å². The van der Waals surface area contributed by atoms with E-state index in [1.54, 1.807) is 59.9 Å². The van der Waals surface area contributed by atoms with Crippen LogP contribution < -0.4 is 9.47 Å². The third-order valence-corrected chi connectivity index (χ3v) is 9.60. The van der Waals surface area contributed by atoms with Crippen LogP contribution in [-0.4, -0.2) is 68.2 Å². The van der Waals surface area contributed by atoms with Crippen LogP contribution in [0.2, 0.25) is 10.0 Å². The van der Waals surface area contributed by atoms with Crippen LogP contribution in [0.15, 0.2) is 85.2 Å². The van der Waals surface area contributed by atoms with Crippen LogP contribution >= 0.6 is 23.2 Å². The van der Waals surface area contributed by atoms with E-state index in [0.717, 1.165) is 36.0 Å². The highest BCUT2D eigenvalue weighted by molar-refractivity contribution is 6.30. The molecule has 250 valence electrons. The molecule has 2 aliphatic rings. The van der Waals surface area contributed by atoms with Gasteiger partial charge in [0, 0.05) is 32.0 Å². The van der Waals surface area contributed by atoms with Crippen LogP contribution in [0.4, 0.5) is 0 Å². The van der Waals surface area contributed by atoms with Crippen molar-refractivity contribution in [2.24, 2.45) is 0 Å². The first kappa shape index (κ1) is 32.5. The zero-order chi connectivity index (χ0) is 34.2. The number of carbonyl (C=O) groups excluding carboxylic acids is 2. The molecule has 12 heteroatoms. The van der Waals surface area contributed by atoms with Crippen molar-refractivity contribution in [1.82, 2.24) is 29.0 Å². The molecule has 0 spiro atoms. The molecule has 0 bridgehead atoms. The van der Waals surface area contributed by atoms with E-state index in [9.17, 15) is 9.59 Å². The van der Waals surface area contributed by atoms with Crippen LogP contribution in [0.5, 0.6) is 11.5 Å². The summed E-state index contributed by atoms with van der Waals surface area (Å²) in [5.74, 6) is 1.25. The molecule has 2 amide bonds. The van der Waals surface area contributed by atoms with E-state index in [1.807, 2.05) is 53.1 Å². The Labute approximate surface area is 293 Å². The number of benzene rings is 2. The predicted octanol–water partition coefficient (Wildman–Crippen LogP) is 6.95. The fourth-order valence-corrected chi connectivity index (χ4v) is 6.84. The fourth-order valence-electron chi connectivity index (χ4n) is 6.53. The molecule has 1 atom stereocenters. The molecule has 0 radical (unpaired) electrons. The summed E-state index contributed by atoms with van der Waals surface area (Å²) in [5.41, 5.74) is 7.35. The molecule has 0 fully saturated rings. The number of halogens is 2. The largest absolute Gasteiger partial charge is 0.493 e. The lowest BCUT2D eigenvalue weighted by molar-refractivity contribution is 0.0670. The average Bonchev–Trinajstić information content (AvgIpc) is 3.74. The zero-order valence-corrected chi connectivity index (χ0v) is 28.8. The lowest BCUT2D eigenvalue weighted by atomic mass is 9.92. The van der Waals surface area contributed by atoms with Gasteiger partial charge in [-0.25, -0.2) is 9.03 Å². The van der Waals surface area contributed by atoms with Crippen molar-refractivity contribution < 1.29 is 19.1 Å². The van der Waals surface area contributed by atoms with Gasteiger partial charge in [-0.15, -0.1) is 0 Å². The summed E-state index contributed by atoms with van der Waals surface area (Å²) in [5, 5.41) is 9.92. The Morgan fingerprint density at radius 1 is 0.714 bits per heavy atom. The maximum atomic E-state index is 13.1. The third kappa shape index (κ3) is 6.41. The highest BCUT2D eigenvalue weighted by atomic mass is 35.5. The minimum Gasteiger partial charge on any atom is -0.493 e. The maximum absolute atomic E-state index is 13.1. The highest BCUT2D eigenvalue weighted by Gasteiger charge is 2.31. The Balaban J connectivity index is 0.000000157. The normalized spacial score (nSPS) is 15.3. The molecule has 10 nitrogen and oxygen atoms in total. The lowest BCUT2D eigenvalue weighted by Gasteiger charge is -2.35. The molecule has 2 aliphatic heterocycles. The Kier molecular flexibility index (Phi) is 8.92. The van der Waals surface area contributed by atoms with E-state index in [2.05, 4.69) is 22.3 Å². The minimum atomic E-state index is -0.0947. The van der Waals surface area contributed by atoms with Gasteiger partial charge < -0.3 is 19.3 Å². The molecular formula is C37H34Cl2N6O4. The molecule has 0 saturated carbocycles. The summed E-state index contributed by atoms with van der Waals surface area (Å²) >= 11 is 12.0. The molecule has 2 aromatic carbocycles. The number of hydrogen-bond donors (Lipinski definition) is 0. The van der Waals surface area contributed by atoms with E-state index in [0.29, 0.717) is 46.0 Å². The Morgan fingerprint density at radius 2 is 1.29 bits per heavy atom. The molecule has 0 aliphatic carbocycles. The Morgan fingerprint density at radius 3 is 1.92 bits per heavy atom. The SMILES string of the molecule is COc1cc2c(cc1OC)C(C)N(C(=O)c1cc3ccc(Cl)cn3n1)CC2.O=C(c1cc2ccc(Cl)cn2n1)N1CCc2ccccc2C1. The van der Waals surface area contributed by atoms with Crippen molar-refractivity contribution in [3.05, 3.63) is 129 Å². The number of nitrogens with zero attached hydrogens (tertiary/aromatic N) is 6. The van der Waals surface area contributed by atoms with Crippen LogP contribution in [-0.2, 0) is 19.4 Å². The summed E-state index contributed by atoms with van der Waals surface area (Å²) < 4.78 is 14.1. The number of aromatic nitrogens is 4. The third-order valence-electron chi connectivity index (χ3n) is 9.15. The topological polar surface area (TPSA) is 93.7 Å². The van der Waals surface area contributed by atoms with Gasteiger partial charge in [0.2, 0.25) is 0 Å². The number of rotatable bonds is 4. The standard InChI is InChI=1S/C20H20ClN3O3.C17H14ClN3O/c1-12-16-10-19(27-3)18(26-2)8-13(16)6-7-23(12)20(25)17-9-15-5-4-14(21)11-24(15)22-17;18-14-5-6-15-9-16(19-21(15)11-14)17(22)20-8-7-12-3-1-2-4-13(12)10-20/h4-5,8-12H,6-7H2,1-3H3;1-6,9,11H,7-8,10H2. The van der Waals surface area contributed by atoms with Gasteiger partial charge in [-0.1, -0.05) is 47.5 Å². The molecule has 49 heavy (non-hydrogen) atoms. The highest BCUT2D eigenvalue weighted by Crippen LogP contribution is 2.38. The van der Waals surface area contributed by atoms with Gasteiger partial charge in [0.1, 0.15) is 0 Å². The first-order valence-corrected chi connectivity index (χ1v) is 16.7. The van der Waals surface area contributed by atoms with E-state index in [-0.39, 0.29) is 17.9 Å². The second kappa shape index (κ2) is 13.4. The zero-order valence-electron chi connectivity index (χ0n) is 27.3. The first-order valence-electron chi connectivity index (χ1n) is 15.9. The van der Waals surface area contributed by atoms with Crippen molar-refractivity contribution >= 4 is 46.0 Å². The molecule has 8 rings (SSSR count). The predicted molar refractivity (Wildman–Crippen MR) is 188 cm³/mol. The van der Waals surface area contributed by atoms with E-state index >= 15 is 0 Å². The van der Waals surface area contributed by atoms with E-state index in [1.165, 1.54) is 16.7 Å². The molecule has 1 unspecified atom stereocenters. The quantitative estimate of drug-likeness (QED) is 0.198. The van der Waals surface area contributed by atoms with Crippen LogP contribution in [0.1, 0.15) is 56.2 Å². The van der Waals surface area contributed by atoms with Gasteiger partial charge in [0.25, 0.3) is 11.8 Å². The maximum Gasteiger partial charge on any atom is 0.274 e. The van der Waals surface area contributed by atoms with Crippen molar-refractivity contribution in [2.45, 2.75) is 32.4 Å². The summed E-state index contributed by atoms with van der Waals surface area (Å²) in [7, 11) is 3.24. The van der Waals surface area contributed by atoms with Gasteiger partial charge in [-0.05, 0) is 90.6 Å². The van der Waals surface area contributed by atoms with Crippen LogP contribution in [0, 0.1) is 0 Å². The molecule has 4 aromatic heterocycles. The molecule has 0 N–H and O–H groups in total. The van der Waals surface area contributed by atoms with Gasteiger partial charge in [-0.3, -0.25) is 9.59 Å². The molecule has 6 heterocycles. The van der Waals surface area contributed by atoms with Crippen molar-refractivity contribution in [1.29, 1.82) is 0 Å². The number of fused-ring (bicyclic) bond motifs is 4. The van der Waals surface area contributed by atoms with Crippen molar-refractivity contribution in [3.63, 3.8) is 0 Å². The van der Waals surface area contributed by atoms with Gasteiger partial charge in [-0.2, -0.15) is 10.2 Å². The summed E-state index contributed by atoms with van der Waals surface area (Å²) in [6, 6.07) is 23.0. The van der Waals surface area contributed by atoms with Gasteiger partial charge >= 0.3 is 0 Å². The second-order valence-corrected chi connectivity index (χ2v) is 12.9. The molecule has 0 saturated heterocycles. The summed E-state index contributed by atoms with van der Waals surface area (Å²) in [6.45, 7) is 4.01. The smallest absolute Gasteiger partial charge is 0.274 e. The Hall–Kier alpha value is -5.06. The monoisotopic (exact) mass is 696 g/mol. The van der Waals surface area contributed by atoms with Crippen molar-refractivity contribution in [2.75, 3.05) is 27.3 Å². The summed E-state index contributed by atoms with van der Waals surface area (Å²) in [4.78, 5) is 29.5. The summed E-state index contributed by atoms with van der Waals surface area (Å²) in [6.07, 6.45) is 5.05. The van der Waals surface area contributed by atoms with Crippen molar-refractivity contribution in [3.8, 4) is 11.5 Å². The minimum absolute atomic E-state index is 0.0330. The Bertz CT molecular complexity index is 2210. The number of ether oxygens (including phenoxy) is 2. The van der Waals surface area contributed by atoms with E-state index in [4.69, 9.17) is 32.7 Å². The number of carbonyl (C=O) groups is 2. The molecule has 6 aromatic rings. The number of pyridine rings is 2. The van der Waals surface area contributed by atoms with Crippen LogP contribution in [0.25, 0.3) is 11.0 Å².